The highest BCUT2D eigenvalue weighted by atomic mass is 79.9. The molecule has 1 aromatic carbocycles. The van der Waals surface area contributed by atoms with E-state index in [9.17, 15) is 9.90 Å². The molecular weight excluding hydrogens is 334 g/mol. The van der Waals surface area contributed by atoms with Gasteiger partial charge in [0.05, 0.1) is 12.3 Å². The number of likely N-dealkylation sites (N-methyl/N-ethyl adjacent to an activating group) is 1. The molecule has 0 aliphatic carbocycles. The monoisotopic (exact) mass is 355 g/mol. The summed E-state index contributed by atoms with van der Waals surface area (Å²) in [5.74, 6) is -0.0138. The van der Waals surface area contributed by atoms with Gasteiger partial charge in [-0.25, -0.2) is 0 Å². The van der Waals surface area contributed by atoms with Crippen LogP contribution in [0.1, 0.15) is 31.9 Å². The first-order valence-corrected chi connectivity index (χ1v) is 8.15. The number of rotatable bonds is 7. The molecule has 2 rings (SSSR count). The molecule has 3 N–H and O–H groups in total. The SMILES string of the molecule is CCCN(CCO)c1cc2c(cc1Br)C(NCC)C(=O)N2. The molecule has 116 valence electrons. The summed E-state index contributed by atoms with van der Waals surface area (Å²) >= 11 is 3.60. The summed E-state index contributed by atoms with van der Waals surface area (Å²) in [7, 11) is 0. The molecule has 6 heteroatoms. The maximum Gasteiger partial charge on any atom is 0.246 e. The molecular formula is C15H22BrN3O2. The molecule has 5 nitrogen and oxygen atoms in total. The van der Waals surface area contributed by atoms with Crippen molar-refractivity contribution in [2.75, 3.05) is 36.5 Å². The fraction of sp³-hybridized carbons (Fsp3) is 0.533. The predicted octanol–water partition coefficient (Wildman–Crippen LogP) is 2.26. The second-order valence-electron chi connectivity index (χ2n) is 5.08. The summed E-state index contributed by atoms with van der Waals surface area (Å²) in [5, 5.41) is 15.3. The van der Waals surface area contributed by atoms with Crippen molar-refractivity contribution in [3.8, 4) is 0 Å². The first kappa shape index (κ1) is 16.3. The number of nitrogens with zero attached hydrogens (tertiary/aromatic N) is 1. The summed E-state index contributed by atoms with van der Waals surface area (Å²) in [6, 6.07) is 3.70. The number of nitrogens with one attached hydrogen (secondary N) is 2. The van der Waals surface area contributed by atoms with E-state index in [1.165, 1.54) is 0 Å². The Labute approximate surface area is 133 Å². The Bertz CT molecular complexity index is 516. The second-order valence-corrected chi connectivity index (χ2v) is 5.94. The maximum atomic E-state index is 12.0. The Balaban J connectivity index is 2.35. The Kier molecular flexibility index (Phi) is 5.61. The van der Waals surface area contributed by atoms with E-state index in [-0.39, 0.29) is 18.6 Å². The largest absolute Gasteiger partial charge is 0.395 e. The van der Waals surface area contributed by atoms with Gasteiger partial charge >= 0.3 is 0 Å². The van der Waals surface area contributed by atoms with E-state index in [4.69, 9.17) is 0 Å². The molecule has 1 aliphatic heterocycles. The Hall–Kier alpha value is -1.11. The molecule has 1 unspecified atom stereocenters. The van der Waals surface area contributed by atoms with E-state index in [0.29, 0.717) is 6.54 Å². The molecule has 1 amide bonds. The van der Waals surface area contributed by atoms with E-state index in [0.717, 1.165) is 40.9 Å². The number of aliphatic hydroxyl groups is 1. The lowest BCUT2D eigenvalue weighted by atomic mass is 10.1. The zero-order valence-electron chi connectivity index (χ0n) is 12.4. The van der Waals surface area contributed by atoms with Crippen LogP contribution in [0.25, 0.3) is 0 Å². The lowest BCUT2D eigenvalue weighted by Gasteiger charge is -2.25. The fourth-order valence-electron chi connectivity index (χ4n) is 2.66. The topological polar surface area (TPSA) is 64.6 Å². The standard InChI is InChI=1S/C15H22BrN3O2/c1-3-5-19(6-7-20)13-9-12-10(8-11(13)16)14(17-4-2)15(21)18-12/h8-9,14,17,20H,3-7H2,1-2H3,(H,18,21). The minimum Gasteiger partial charge on any atom is -0.395 e. The molecule has 1 atom stereocenters. The molecule has 0 saturated heterocycles. The van der Waals surface area contributed by atoms with Crippen molar-refractivity contribution in [2.24, 2.45) is 0 Å². The minimum absolute atomic E-state index is 0.0138. The van der Waals surface area contributed by atoms with Gasteiger partial charge in [0.15, 0.2) is 0 Å². The van der Waals surface area contributed by atoms with Crippen molar-refractivity contribution in [2.45, 2.75) is 26.3 Å². The summed E-state index contributed by atoms with van der Waals surface area (Å²) in [6.07, 6.45) is 0.996. The van der Waals surface area contributed by atoms with Crippen molar-refractivity contribution in [1.82, 2.24) is 5.32 Å². The van der Waals surface area contributed by atoms with Crippen LogP contribution in [0.3, 0.4) is 0 Å². The van der Waals surface area contributed by atoms with Crippen LogP contribution in [-0.4, -0.2) is 37.3 Å². The number of anilines is 2. The summed E-state index contributed by atoms with van der Waals surface area (Å²) in [6.45, 7) is 6.38. The smallest absolute Gasteiger partial charge is 0.246 e. The van der Waals surface area contributed by atoms with E-state index in [1.54, 1.807) is 0 Å². The van der Waals surface area contributed by atoms with Crippen molar-refractivity contribution < 1.29 is 9.90 Å². The third kappa shape index (κ3) is 3.39. The Morgan fingerprint density at radius 2 is 2.14 bits per heavy atom. The van der Waals surface area contributed by atoms with Crippen LogP contribution >= 0.6 is 15.9 Å². The van der Waals surface area contributed by atoms with Gasteiger partial charge in [0.25, 0.3) is 0 Å². The number of halogens is 1. The van der Waals surface area contributed by atoms with Gasteiger partial charge in [0.2, 0.25) is 5.91 Å². The Morgan fingerprint density at radius 3 is 2.76 bits per heavy atom. The van der Waals surface area contributed by atoms with E-state index in [2.05, 4.69) is 38.4 Å². The van der Waals surface area contributed by atoms with E-state index in [1.807, 2.05) is 19.1 Å². The van der Waals surface area contributed by atoms with Crippen LogP contribution < -0.4 is 15.5 Å². The molecule has 0 bridgehead atoms. The fourth-order valence-corrected chi connectivity index (χ4v) is 3.27. The van der Waals surface area contributed by atoms with Gasteiger partial charge in [-0.2, -0.15) is 0 Å². The predicted molar refractivity (Wildman–Crippen MR) is 88.8 cm³/mol. The van der Waals surface area contributed by atoms with Crippen molar-refractivity contribution >= 4 is 33.2 Å². The first-order chi connectivity index (χ1) is 10.1. The van der Waals surface area contributed by atoms with E-state index < -0.39 is 0 Å². The molecule has 1 aliphatic rings. The van der Waals surface area contributed by atoms with E-state index >= 15 is 0 Å². The highest BCUT2D eigenvalue weighted by Gasteiger charge is 2.31. The molecule has 0 aromatic heterocycles. The summed E-state index contributed by atoms with van der Waals surface area (Å²) < 4.78 is 0.947. The van der Waals surface area contributed by atoms with Crippen LogP contribution in [-0.2, 0) is 4.79 Å². The number of hydrogen-bond donors (Lipinski definition) is 3. The minimum atomic E-state index is -0.284. The highest BCUT2D eigenvalue weighted by Crippen LogP contribution is 2.39. The lowest BCUT2D eigenvalue weighted by molar-refractivity contribution is -0.117. The molecule has 21 heavy (non-hydrogen) atoms. The third-order valence-electron chi connectivity index (χ3n) is 3.56. The second kappa shape index (κ2) is 7.24. The number of carbonyl (C=O) groups excluding carboxylic acids is 1. The average Bonchev–Trinajstić information content (AvgIpc) is 2.74. The zero-order valence-corrected chi connectivity index (χ0v) is 14.0. The average molecular weight is 356 g/mol. The number of fused-ring (bicyclic) bond motifs is 1. The summed E-state index contributed by atoms with van der Waals surface area (Å²) in [5.41, 5.74) is 2.82. The van der Waals surface area contributed by atoms with Crippen molar-refractivity contribution in [1.29, 1.82) is 0 Å². The molecule has 0 spiro atoms. The van der Waals surface area contributed by atoms with Crippen LogP contribution in [0.15, 0.2) is 16.6 Å². The maximum absolute atomic E-state index is 12.0. The van der Waals surface area contributed by atoms with Gasteiger partial charge in [-0.1, -0.05) is 13.8 Å². The summed E-state index contributed by atoms with van der Waals surface area (Å²) in [4.78, 5) is 14.1. The van der Waals surface area contributed by atoms with Gasteiger partial charge in [-0.15, -0.1) is 0 Å². The van der Waals surface area contributed by atoms with Crippen molar-refractivity contribution in [3.63, 3.8) is 0 Å². The zero-order chi connectivity index (χ0) is 15.4. The van der Waals surface area contributed by atoms with Crippen LogP contribution in [0.4, 0.5) is 11.4 Å². The van der Waals surface area contributed by atoms with Gasteiger partial charge < -0.3 is 20.6 Å². The quantitative estimate of drug-likeness (QED) is 0.701. The van der Waals surface area contributed by atoms with Crippen LogP contribution in [0.5, 0.6) is 0 Å². The lowest BCUT2D eigenvalue weighted by Crippen LogP contribution is -2.28. The Morgan fingerprint density at radius 1 is 1.38 bits per heavy atom. The normalized spacial score (nSPS) is 16.8. The van der Waals surface area contributed by atoms with Gasteiger partial charge in [0, 0.05) is 28.8 Å². The van der Waals surface area contributed by atoms with Crippen LogP contribution in [0, 0.1) is 0 Å². The number of hydrogen-bond acceptors (Lipinski definition) is 4. The third-order valence-corrected chi connectivity index (χ3v) is 4.20. The number of aliphatic hydroxyl groups excluding tert-OH is 1. The molecule has 1 heterocycles. The molecule has 0 saturated carbocycles. The van der Waals surface area contributed by atoms with Crippen molar-refractivity contribution in [3.05, 3.63) is 22.2 Å². The molecule has 1 aromatic rings. The van der Waals surface area contributed by atoms with Gasteiger partial charge in [0.1, 0.15) is 6.04 Å². The number of benzene rings is 1. The van der Waals surface area contributed by atoms with Gasteiger partial charge in [-0.05, 0) is 41.0 Å². The van der Waals surface area contributed by atoms with Gasteiger partial charge in [-0.3, -0.25) is 4.79 Å². The first-order valence-electron chi connectivity index (χ1n) is 7.35. The molecule has 0 fully saturated rings. The highest BCUT2D eigenvalue weighted by molar-refractivity contribution is 9.10. The molecule has 0 radical (unpaired) electrons. The number of amides is 1. The van der Waals surface area contributed by atoms with Crippen LogP contribution in [0.2, 0.25) is 0 Å². The number of carbonyl (C=O) groups is 1.